The summed E-state index contributed by atoms with van der Waals surface area (Å²) < 4.78 is 13.8. The Morgan fingerprint density at radius 2 is 1.68 bits per heavy atom. The maximum atomic E-state index is 13.2. The SMILES string of the molecule is COc1ccc(-c2c(C)nn3c2nnc2c(=O)n(-c4ccccc4OC)ccc23)cc1. The monoisotopic (exact) mass is 413 g/mol. The van der Waals surface area contributed by atoms with Gasteiger partial charge in [0.1, 0.15) is 17.0 Å². The summed E-state index contributed by atoms with van der Waals surface area (Å²) >= 11 is 0. The molecular formula is C23H19N5O3. The van der Waals surface area contributed by atoms with E-state index in [1.165, 1.54) is 4.57 Å². The molecule has 5 aromatic rings. The first-order valence-electron chi connectivity index (χ1n) is 9.67. The Hall–Kier alpha value is -4.20. The fourth-order valence-electron chi connectivity index (χ4n) is 3.77. The van der Waals surface area contributed by atoms with Crippen LogP contribution in [-0.2, 0) is 0 Å². The lowest BCUT2D eigenvalue weighted by Crippen LogP contribution is -2.20. The van der Waals surface area contributed by atoms with Gasteiger partial charge in [-0.1, -0.05) is 24.3 Å². The number of hydrogen-bond acceptors (Lipinski definition) is 6. The number of aryl methyl sites for hydroxylation is 1. The van der Waals surface area contributed by atoms with E-state index in [-0.39, 0.29) is 11.1 Å². The summed E-state index contributed by atoms with van der Waals surface area (Å²) in [5, 5.41) is 13.3. The molecule has 2 aromatic carbocycles. The van der Waals surface area contributed by atoms with E-state index in [4.69, 9.17) is 9.47 Å². The molecule has 154 valence electrons. The maximum absolute atomic E-state index is 13.2. The molecule has 0 N–H and O–H groups in total. The zero-order valence-electron chi connectivity index (χ0n) is 17.2. The van der Waals surface area contributed by atoms with Crippen LogP contribution in [0.3, 0.4) is 0 Å². The average Bonchev–Trinajstić information content (AvgIpc) is 3.15. The van der Waals surface area contributed by atoms with Gasteiger partial charge in [-0.3, -0.25) is 9.36 Å². The molecule has 3 aromatic heterocycles. The fraction of sp³-hybridized carbons (Fsp3) is 0.130. The van der Waals surface area contributed by atoms with Gasteiger partial charge in [-0.25, -0.2) is 4.52 Å². The van der Waals surface area contributed by atoms with E-state index in [9.17, 15) is 4.79 Å². The number of rotatable bonds is 4. The molecule has 8 heteroatoms. The number of ether oxygens (including phenoxy) is 2. The molecule has 0 bridgehead atoms. The molecule has 0 amide bonds. The summed E-state index contributed by atoms with van der Waals surface area (Å²) in [7, 11) is 3.20. The molecule has 0 atom stereocenters. The van der Waals surface area contributed by atoms with Crippen LogP contribution in [0.2, 0.25) is 0 Å². The predicted octanol–water partition coefficient (Wildman–Crippen LogP) is 3.42. The van der Waals surface area contributed by atoms with Crippen molar-refractivity contribution in [3.63, 3.8) is 0 Å². The van der Waals surface area contributed by atoms with Crippen LogP contribution in [0.15, 0.2) is 65.6 Å². The molecule has 0 saturated carbocycles. The van der Waals surface area contributed by atoms with Gasteiger partial charge in [0.05, 0.1) is 31.2 Å². The molecule has 0 aliphatic heterocycles. The van der Waals surface area contributed by atoms with Gasteiger partial charge in [0.2, 0.25) is 0 Å². The Morgan fingerprint density at radius 3 is 2.42 bits per heavy atom. The number of para-hydroxylation sites is 2. The normalized spacial score (nSPS) is 11.2. The Bertz CT molecular complexity index is 1490. The second-order valence-electron chi connectivity index (χ2n) is 7.02. The minimum absolute atomic E-state index is 0.227. The van der Waals surface area contributed by atoms with Gasteiger partial charge in [-0.15, -0.1) is 10.2 Å². The molecule has 5 rings (SSSR count). The second-order valence-corrected chi connectivity index (χ2v) is 7.02. The number of aromatic nitrogens is 5. The molecule has 0 unspecified atom stereocenters. The van der Waals surface area contributed by atoms with Crippen molar-refractivity contribution in [2.24, 2.45) is 0 Å². The third-order valence-corrected chi connectivity index (χ3v) is 5.28. The van der Waals surface area contributed by atoms with E-state index in [1.54, 1.807) is 31.0 Å². The summed E-state index contributed by atoms with van der Waals surface area (Å²) in [5.74, 6) is 1.36. The number of hydrogen-bond donors (Lipinski definition) is 0. The van der Waals surface area contributed by atoms with Gasteiger partial charge < -0.3 is 9.47 Å². The van der Waals surface area contributed by atoms with E-state index in [2.05, 4.69) is 15.3 Å². The topological polar surface area (TPSA) is 83.5 Å². The highest BCUT2D eigenvalue weighted by Crippen LogP contribution is 2.29. The first-order chi connectivity index (χ1) is 15.1. The third kappa shape index (κ3) is 2.92. The van der Waals surface area contributed by atoms with Gasteiger partial charge in [0, 0.05) is 6.20 Å². The summed E-state index contributed by atoms with van der Waals surface area (Å²) in [4.78, 5) is 13.2. The van der Waals surface area contributed by atoms with Crippen molar-refractivity contribution in [2.75, 3.05) is 14.2 Å². The zero-order chi connectivity index (χ0) is 21.5. The smallest absolute Gasteiger partial charge is 0.285 e. The highest BCUT2D eigenvalue weighted by Gasteiger charge is 2.18. The van der Waals surface area contributed by atoms with Crippen LogP contribution < -0.4 is 15.0 Å². The number of fused-ring (bicyclic) bond motifs is 3. The Balaban J connectivity index is 1.73. The number of methoxy groups -OCH3 is 2. The van der Waals surface area contributed by atoms with Crippen molar-refractivity contribution in [2.45, 2.75) is 6.92 Å². The molecule has 0 saturated heterocycles. The highest BCUT2D eigenvalue weighted by atomic mass is 16.5. The number of nitrogens with zero attached hydrogens (tertiary/aromatic N) is 5. The molecule has 0 aliphatic carbocycles. The predicted molar refractivity (Wildman–Crippen MR) is 117 cm³/mol. The average molecular weight is 413 g/mol. The van der Waals surface area contributed by atoms with E-state index in [0.29, 0.717) is 22.6 Å². The van der Waals surface area contributed by atoms with Crippen LogP contribution in [0.25, 0.3) is 33.5 Å². The van der Waals surface area contributed by atoms with Gasteiger partial charge in [0.15, 0.2) is 11.2 Å². The summed E-state index contributed by atoms with van der Waals surface area (Å²) in [6.45, 7) is 1.91. The first kappa shape index (κ1) is 18.8. The van der Waals surface area contributed by atoms with Crippen LogP contribution in [-0.4, -0.2) is 38.6 Å². The summed E-state index contributed by atoms with van der Waals surface area (Å²) in [6.07, 6.45) is 1.70. The third-order valence-electron chi connectivity index (χ3n) is 5.28. The van der Waals surface area contributed by atoms with Gasteiger partial charge in [0.25, 0.3) is 5.56 Å². The Morgan fingerprint density at radius 1 is 0.903 bits per heavy atom. The van der Waals surface area contributed by atoms with Gasteiger partial charge in [-0.05, 0) is 42.8 Å². The molecular weight excluding hydrogens is 394 g/mol. The molecule has 0 radical (unpaired) electrons. The van der Waals surface area contributed by atoms with E-state index in [0.717, 1.165) is 22.6 Å². The quantitative estimate of drug-likeness (QED) is 0.449. The number of pyridine rings is 1. The minimum atomic E-state index is -0.296. The standard InChI is InChI=1S/C23H19N5O3/c1-14-20(15-8-10-16(30-2)11-9-15)22-25-24-21-18(28(22)26-14)12-13-27(23(21)29)17-6-4-5-7-19(17)31-3/h4-13H,1-3H3. The highest BCUT2D eigenvalue weighted by molar-refractivity contribution is 5.84. The van der Waals surface area contributed by atoms with Crippen molar-refractivity contribution in [3.8, 4) is 28.3 Å². The van der Waals surface area contributed by atoms with Crippen molar-refractivity contribution in [1.82, 2.24) is 24.4 Å². The van der Waals surface area contributed by atoms with E-state index in [1.807, 2.05) is 55.5 Å². The van der Waals surface area contributed by atoms with E-state index >= 15 is 0 Å². The van der Waals surface area contributed by atoms with Crippen LogP contribution in [0.4, 0.5) is 0 Å². The van der Waals surface area contributed by atoms with Crippen molar-refractivity contribution >= 4 is 16.7 Å². The largest absolute Gasteiger partial charge is 0.497 e. The maximum Gasteiger partial charge on any atom is 0.285 e. The Kier molecular flexibility index (Phi) is 4.39. The lowest BCUT2D eigenvalue weighted by Gasteiger charge is -2.11. The van der Waals surface area contributed by atoms with E-state index < -0.39 is 0 Å². The van der Waals surface area contributed by atoms with Crippen molar-refractivity contribution < 1.29 is 9.47 Å². The van der Waals surface area contributed by atoms with Crippen molar-refractivity contribution in [3.05, 3.63) is 76.8 Å². The summed E-state index contributed by atoms with van der Waals surface area (Å²) in [6, 6.07) is 16.8. The molecule has 0 fully saturated rings. The zero-order valence-corrected chi connectivity index (χ0v) is 17.2. The van der Waals surface area contributed by atoms with Crippen LogP contribution in [0, 0.1) is 6.92 Å². The molecule has 3 heterocycles. The van der Waals surface area contributed by atoms with Gasteiger partial charge >= 0.3 is 0 Å². The molecule has 31 heavy (non-hydrogen) atoms. The van der Waals surface area contributed by atoms with Crippen LogP contribution >= 0.6 is 0 Å². The first-order valence-corrected chi connectivity index (χ1v) is 9.67. The molecule has 0 spiro atoms. The van der Waals surface area contributed by atoms with Crippen molar-refractivity contribution in [1.29, 1.82) is 0 Å². The van der Waals surface area contributed by atoms with Crippen LogP contribution in [0.1, 0.15) is 5.69 Å². The minimum Gasteiger partial charge on any atom is -0.497 e. The van der Waals surface area contributed by atoms with Crippen LogP contribution in [0.5, 0.6) is 11.5 Å². The fourth-order valence-corrected chi connectivity index (χ4v) is 3.77. The second kappa shape index (κ2) is 7.24. The molecule has 8 nitrogen and oxygen atoms in total. The molecule has 0 aliphatic rings. The lowest BCUT2D eigenvalue weighted by molar-refractivity contribution is 0.412. The lowest BCUT2D eigenvalue weighted by atomic mass is 10.1. The number of benzene rings is 2. The van der Waals surface area contributed by atoms with Gasteiger partial charge in [-0.2, -0.15) is 5.10 Å². The summed E-state index contributed by atoms with van der Waals surface area (Å²) in [5.41, 5.74) is 4.35. The Labute approximate surface area is 177 Å².